The van der Waals surface area contributed by atoms with Crippen LogP contribution in [-0.2, 0) is 0 Å². The summed E-state index contributed by atoms with van der Waals surface area (Å²) in [6.07, 6.45) is 1.77. The van der Waals surface area contributed by atoms with E-state index in [1.807, 2.05) is 30.3 Å². The first kappa shape index (κ1) is 17.0. The summed E-state index contributed by atoms with van der Waals surface area (Å²) in [4.78, 5) is 16.1. The predicted molar refractivity (Wildman–Crippen MR) is 111 cm³/mol. The SMILES string of the molecule is O=C(NC1CCN(c2cc(-c3cccs3)[nH]n2)CC1)c1n[nH]c2ccccc12. The molecule has 0 bridgehead atoms. The Morgan fingerprint density at radius 2 is 1.96 bits per heavy atom. The molecule has 1 aliphatic rings. The van der Waals surface area contributed by atoms with Gasteiger partial charge in [0, 0.05) is 30.6 Å². The van der Waals surface area contributed by atoms with E-state index in [9.17, 15) is 4.79 Å². The lowest BCUT2D eigenvalue weighted by Crippen LogP contribution is -2.45. The number of amides is 1. The molecule has 8 heteroatoms. The minimum Gasteiger partial charge on any atom is -0.355 e. The fourth-order valence-corrected chi connectivity index (χ4v) is 4.37. The minimum absolute atomic E-state index is 0.115. The Bertz CT molecular complexity index is 1090. The van der Waals surface area contributed by atoms with Gasteiger partial charge in [-0.05, 0) is 30.4 Å². The third-order valence-electron chi connectivity index (χ3n) is 5.19. The number of nitrogens with zero attached hydrogens (tertiary/aromatic N) is 3. The Labute approximate surface area is 165 Å². The Morgan fingerprint density at radius 1 is 1.11 bits per heavy atom. The van der Waals surface area contributed by atoms with Crippen LogP contribution in [0, 0.1) is 0 Å². The van der Waals surface area contributed by atoms with Gasteiger partial charge < -0.3 is 10.2 Å². The molecule has 0 unspecified atom stereocenters. The van der Waals surface area contributed by atoms with Gasteiger partial charge in [0.2, 0.25) is 0 Å². The molecule has 28 heavy (non-hydrogen) atoms. The van der Waals surface area contributed by atoms with Crippen molar-refractivity contribution >= 4 is 34.0 Å². The number of carbonyl (C=O) groups excluding carboxylic acids is 1. The van der Waals surface area contributed by atoms with Gasteiger partial charge in [0.1, 0.15) is 0 Å². The summed E-state index contributed by atoms with van der Waals surface area (Å²) in [6.45, 7) is 1.72. The van der Waals surface area contributed by atoms with Crippen LogP contribution in [0.15, 0.2) is 47.8 Å². The third-order valence-corrected chi connectivity index (χ3v) is 6.09. The largest absolute Gasteiger partial charge is 0.355 e. The molecule has 1 saturated heterocycles. The van der Waals surface area contributed by atoms with Crippen molar-refractivity contribution in [2.75, 3.05) is 18.0 Å². The highest BCUT2D eigenvalue weighted by Gasteiger charge is 2.24. The molecule has 3 aromatic heterocycles. The van der Waals surface area contributed by atoms with Crippen LogP contribution in [0.5, 0.6) is 0 Å². The lowest BCUT2D eigenvalue weighted by Gasteiger charge is -2.32. The number of aromatic nitrogens is 4. The zero-order valence-corrected chi connectivity index (χ0v) is 16.0. The number of thiophene rings is 1. The molecule has 4 aromatic rings. The van der Waals surface area contributed by atoms with E-state index in [0.717, 1.165) is 48.3 Å². The van der Waals surface area contributed by atoms with E-state index in [1.165, 1.54) is 4.88 Å². The van der Waals surface area contributed by atoms with Crippen LogP contribution in [0.2, 0.25) is 0 Å². The number of rotatable bonds is 4. The smallest absolute Gasteiger partial charge is 0.272 e. The van der Waals surface area contributed by atoms with Gasteiger partial charge >= 0.3 is 0 Å². The maximum absolute atomic E-state index is 12.7. The number of para-hydroxylation sites is 1. The van der Waals surface area contributed by atoms with E-state index in [4.69, 9.17) is 0 Å². The number of H-pyrrole nitrogens is 2. The van der Waals surface area contributed by atoms with Crippen LogP contribution in [0.4, 0.5) is 5.82 Å². The van der Waals surface area contributed by atoms with E-state index in [0.29, 0.717) is 5.69 Å². The molecular formula is C20H20N6OS. The number of aromatic amines is 2. The number of hydrogen-bond acceptors (Lipinski definition) is 5. The van der Waals surface area contributed by atoms with E-state index < -0.39 is 0 Å². The molecule has 7 nitrogen and oxygen atoms in total. The summed E-state index contributed by atoms with van der Waals surface area (Å²) in [6, 6.07) is 14.1. The molecule has 1 aliphatic heterocycles. The third kappa shape index (κ3) is 3.16. The van der Waals surface area contributed by atoms with Crippen molar-refractivity contribution in [2.45, 2.75) is 18.9 Å². The van der Waals surface area contributed by atoms with Crippen molar-refractivity contribution in [3.05, 3.63) is 53.5 Å². The fourth-order valence-electron chi connectivity index (χ4n) is 3.67. The van der Waals surface area contributed by atoms with Crippen LogP contribution < -0.4 is 10.2 Å². The highest BCUT2D eigenvalue weighted by Crippen LogP contribution is 2.27. The number of anilines is 1. The lowest BCUT2D eigenvalue weighted by atomic mass is 10.0. The van der Waals surface area contributed by atoms with Gasteiger partial charge in [-0.3, -0.25) is 15.0 Å². The Hall–Kier alpha value is -3.13. The van der Waals surface area contributed by atoms with E-state index in [1.54, 1.807) is 11.3 Å². The van der Waals surface area contributed by atoms with Gasteiger partial charge in [-0.1, -0.05) is 24.3 Å². The molecule has 0 spiro atoms. The van der Waals surface area contributed by atoms with Crippen molar-refractivity contribution in [1.29, 1.82) is 0 Å². The number of benzene rings is 1. The standard InChI is InChI=1S/C20H20N6OS/c27-20(19-14-4-1-2-5-15(14)22-25-19)21-13-7-9-26(10-8-13)18-12-16(23-24-18)17-6-3-11-28-17/h1-6,11-13H,7-10H2,(H,21,27)(H,22,25)(H,23,24). The van der Waals surface area contributed by atoms with Crippen LogP contribution in [0.3, 0.4) is 0 Å². The fraction of sp³-hybridized carbons (Fsp3) is 0.250. The summed E-state index contributed by atoms with van der Waals surface area (Å²) in [5.41, 5.74) is 2.39. The van der Waals surface area contributed by atoms with Gasteiger partial charge in [-0.25, -0.2) is 0 Å². The highest BCUT2D eigenvalue weighted by molar-refractivity contribution is 7.13. The first-order valence-corrected chi connectivity index (χ1v) is 10.2. The molecule has 1 fully saturated rings. The molecule has 142 valence electrons. The second kappa shape index (κ2) is 7.12. The molecule has 0 aliphatic carbocycles. The summed E-state index contributed by atoms with van der Waals surface area (Å²) in [5, 5.41) is 20.7. The molecule has 0 atom stereocenters. The van der Waals surface area contributed by atoms with Crippen molar-refractivity contribution in [3.8, 4) is 10.6 Å². The van der Waals surface area contributed by atoms with Crippen LogP contribution in [0.1, 0.15) is 23.3 Å². The van der Waals surface area contributed by atoms with E-state index >= 15 is 0 Å². The van der Waals surface area contributed by atoms with Gasteiger partial charge in [0.15, 0.2) is 11.5 Å². The zero-order valence-electron chi connectivity index (χ0n) is 15.2. The Morgan fingerprint density at radius 3 is 2.79 bits per heavy atom. The molecule has 3 N–H and O–H groups in total. The first-order valence-electron chi connectivity index (χ1n) is 9.36. The molecule has 5 rings (SSSR count). The van der Waals surface area contributed by atoms with Gasteiger partial charge in [0.05, 0.1) is 16.1 Å². The quantitative estimate of drug-likeness (QED) is 0.496. The molecule has 1 aromatic carbocycles. The zero-order chi connectivity index (χ0) is 18.9. The molecule has 0 radical (unpaired) electrons. The van der Waals surface area contributed by atoms with Gasteiger partial charge in [-0.15, -0.1) is 11.3 Å². The van der Waals surface area contributed by atoms with E-state index in [-0.39, 0.29) is 11.9 Å². The summed E-state index contributed by atoms with van der Waals surface area (Å²) in [5.74, 6) is 0.849. The van der Waals surface area contributed by atoms with Crippen LogP contribution in [0.25, 0.3) is 21.5 Å². The van der Waals surface area contributed by atoms with Crippen molar-refractivity contribution < 1.29 is 4.79 Å². The average molecular weight is 392 g/mol. The second-order valence-corrected chi connectivity index (χ2v) is 7.92. The van der Waals surface area contributed by atoms with Gasteiger partial charge in [0.25, 0.3) is 5.91 Å². The number of nitrogens with one attached hydrogen (secondary N) is 3. The normalized spacial score (nSPS) is 15.2. The molecule has 0 saturated carbocycles. The van der Waals surface area contributed by atoms with E-state index in [2.05, 4.69) is 48.1 Å². The summed E-state index contributed by atoms with van der Waals surface area (Å²) < 4.78 is 0. The number of fused-ring (bicyclic) bond motifs is 1. The number of carbonyl (C=O) groups is 1. The molecule has 4 heterocycles. The lowest BCUT2D eigenvalue weighted by molar-refractivity contribution is 0.0927. The van der Waals surface area contributed by atoms with Crippen LogP contribution >= 0.6 is 11.3 Å². The summed E-state index contributed by atoms with van der Waals surface area (Å²) >= 11 is 1.70. The van der Waals surface area contributed by atoms with Crippen molar-refractivity contribution in [1.82, 2.24) is 25.7 Å². The van der Waals surface area contributed by atoms with Crippen molar-refractivity contribution in [3.63, 3.8) is 0 Å². The minimum atomic E-state index is -0.115. The average Bonchev–Trinajstić information content (AvgIpc) is 3.48. The van der Waals surface area contributed by atoms with Crippen LogP contribution in [-0.4, -0.2) is 45.4 Å². The van der Waals surface area contributed by atoms with Gasteiger partial charge in [-0.2, -0.15) is 10.2 Å². The summed E-state index contributed by atoms with van der Waals surface area (Å²) in [7, 11) is 0. The molecule has 1 amide bonds. The monoisotopic (exact) mass is 392 g/mol. The Balaban J connectivity index is 1.21. The van der Waals surface area contributed by atoms with Crippen molar-refractivity contribution in [2.24, 2.45) is 0 Å². The number of piperidine rings is 1. The number of hydrogen-bond donors (Lipinski definition) is 3. The molecular weight excluding hydrogens is 372 g/mol. The predicted octanol–water partition coefficient (Wildman–Crippen LogP) is 3.41. The topological polar surface area (TPSA) is 89.7 Å². The first-order chi connectivity index (χ1) is 13.8. The maximum Gasteiger partial charge on any atom is 0.272 e. The Kier molecular flexibility index (Phi) is 4.32. The maximum atomic E-state index is 12.7. The highest BCUT2D eigenvalue weighted by atomic mass is 32.1. The second-order valence-electron chi connectivity index (χ2n) is 6.97.